The fourth-order valence-corrected chi connectivity index (χ4v) is 8.53. The van der Waals surface area contributed by atoms with Crippen molar-refractivity contribution in [2.24, 2.45) is 33.0 Å². The van der Waals surface area contributed by atoms with Crippen LogP contribution in [-0.2, 0) is 23.9 Å². The van der Waals surface area contributed by atoms with E-state index in [1.165, 1.54) is 25.9 Å². The number of methoxy groups -OCH3 is 2. The third kappa shape index (κ3) is 3.51. The van der Waals surface area contributed by atoms with Gasteiger partial charge in [-0.3, -0.25) is 9.59 Å². The van der Waals surface area contributed by atoms with Crippen molar-refractivity contribution < 1.29 is 23.9 Å². The van der Waals surface area contributed by atoms with Crippen molar-refractivity contribution in [3.05, 3.63) is 34.9 Å². The van der Waals surface area contributed by atoms with Crippen LogP contribution in [0.25, 0.3) is 0 Å². The smallest absolute Gasteiger partial charge is 0.330 e. The lowest BCUT2D eigenvalue weighted by molar-refractivity contribution is -0.180. The molecular weight excluding hydrogens is 440 g/mol. The zero-order valence-corrected chi connectivity index (χ0v) is 22.8. The van der Waals surface area contributed by atoms with Crippen LogP contribution in [-0.4, -0.2) is 31.9 Å². The molecule has 0 heterocycles. The highest BCUT2D eigenvalue weighted by Crippen LogP contribution is 2.75. The third-order valence-electron chi connectivity index (χ3n) is 11.1. The predicted molar refractivity (Wildman–Crippen MR) is 135 cm³/mol. The zero-order valence-electron chi connectivity index (χ0n) is 22.8. The minimum atomic E-state index is -0.459. The van der Waals surface area contributed by atoms with E-state index in [0.29, 0.717) is 11.5 Å². The fourth-order valence-electron chi connectivity index (χ4n) is 8.53. The number of esters is 2. The van der Waals surface area contributed by atoms with E-state index in [1.807, 2.05) is 6.08 Å². The van der Waals surface area contributed by atoms with Gasteiger partial charge in [-0.25, -0.2) is 4.79 Å². The van der Waals surface area contributed by atoms with E-state index in [0.717, 1.165) is 50.5 Å². The molecule has 4 aliphatic carbocycles. The number of ether oxygens (including phenoxy) is 2. The average Bonchev–Trinajstić information content (AvgIpc) is 2.81. The van der Waals surface area contributed by atoms with Crippen LogP contribution in [0.3, 0.4) is 0 Å². The standard InChI is InChI=1S/C30H42O5/c1-19(31)20-9-10-22-28(4,21(20)17-24(32)34-7)14-16-30(6)23-18-27(3,25(33)35-8)12-11-26(23,2)13-15-29(22,30)5/h9-10,17,23H,11-16,18H2,1-8H3. The highest BCUT2D eigenvalue weighted by atomic mass is 16.5. The van der Waals surface area contributed by atoms with Crippen LogP contribution in [0.2, 0.25) is 0 Å². The summed E-state index contributed by atoms with van der Waals surface area (Å²) in [5.74, 6) is -0.175. The summed E-state index contributed by atoms with van der Waals surface area (Å²) in [6.07, 6.45) is 12.4. The molecule has 0 N–H and O–H groups in total. The van der Waals surface area contributed by atoms with Crippen molar-refractivity contribution in [3.8, 4) is 0 Å². The molecule has 0 spiro atoms. The number of fused-ring (bicyclic) bond motifs is 5. The van der Waals surface area contributed by atoms with E-state index in [4.69, 9.17) is 9.47 Å². The molecule has 0 saturated heterocycles. The molecule has 5 heteroatoms. The van der Waals surface area contributed by atoms with Gasteiger partial charge in [-0.1, -0.05) is 45.4 Å². The highest BCUT2D eigenvalue weighted by molar-refractivity contribution is 6.01. The minimum absolute atomic E-state index is 0.0149. The van der Waals surface area contributed by atoms with E-state index in [1.54, 1.807) is 6.92 Å². The van der Waals surface area contributed by atoms with E-state index < -0.39 is 16.8 Å². The molecule has 0 radical (unpaired) electrons. The van der Waals surface area contributed by atoms with Gasteiger partial charge < -0.3 is 9.47 Å². The van der Waals surface area contributed by atoms with Crippen molar-refractivity contribution in [1.82, 2.24) is 0 Å². The highest BCUT2D eigenvalue weighted by Gasteiger charge is 2.67. The average molecular weight is 483 g/mol. The van der Waals surface area contributed by atoms with Gasteiger partial charge >= 0.3 is 11.9 Å². The third-order valence-corrected chi connectivity index (χ3v) is 11.1. The SMILES string of the molecule is COC(=O)C=C1C(C(C)=O)=CC=C2C1(C)CCC1(C)C3CC(C)(C(=O)OC)CCC3(C)CCC21C. The van der Waals surface area contributed by atoms with Crippen LogP contribution in [0.1, 0.15) is 86.5 Å². The Morgan fingerprint density at radius 1 is 0.886 bits per heavy atom. The maximum Gasteiger partial charge on any atom is 0.330 e. The van der Waals surface area contributed by atoms with Crippen LogP contribution in [0.5, 0.6) is 0 Å². The van der Waals surface area contributed by atoms with Crippen LogP contribution in [0.15, 0.2) is 34.9 Å². The number of Topliss-reactive ketones (excluding diaryl/α,β-unsaturated/α-hetero) is 1. The van der Waals surface area contributed by atoms with Crippen LogP contribution < -0.4 is 0 Å². The summed E-state index contributed by atoms with van der Waals surface area (Å²) >= 11 is 0. The normalized spacial score (nSPS) is 43.7. The first-order valence-electron chi connectivity index (χ1n) is 13.0. The summed E-state index contributed by atoms with van der Waals surface area (Å²) in [4.78, 5) is 37.8. The number of hydrogen-bond acceptors (Lipinski definition) is 5. The molecule has 0 aromatic heterocycles. The van der Waals surface area contributed by atoms with Crippen molar-refractivity contribution in [2.45, 2.75) is 86.5 Å². The van der Waals surface area contributed by atoms with E-state index >= 15 is 0 Å². The molecule has 0 amide bonds. The lowest BCUT2D eigenvalue weighted by Crippen LogP contribution is -2.62. The molecule has 6 unspecified atom stereocenters. The summed E-state index contributed by atoms with van der Waals surface area (Å²) in [5.41, 5.74) is 1.89. The Bertz CT molecular complexity index is 1060. The second kappa shape index (κ2) is 8.18. The second-order valence-corrected chi connectivity index (χ2v) is 12.8. The fraction of sp³-hybridized carbons (Fsp3) is 0.700. The van der Waals surface area contributed by atoms with Crippen LogP contribution >= 0.6 is 0 Å². The van der Waals surface area contributed by atoms with Crippen molar-refractivity contribution in [2.75, 3.05) is 14.2 Å². The summed E-state index contributed by atoms with van der Waals surface area (Å²) in [6.45, 7) is 13.1. The lowest BCUT2D eigenvalue weighted by Gasteiger charge is -2.69. The Hall–Kier alpha value is -2.17. The van der Waals surface area contributed by atoms with Crippen molar-refractivity contribution >= 4 is 17.7 Å². The van der Waals surface area contributed by atoms with Gasteiger partial charge in [0.05, 0.1) is 19.6 Å². The van der Waals surface area contributed by atoms with Gasteiger partial charge in [-0.2, -0.15) is 0 Å². The lowest BCUT2D eigenvalue weighted by atomic mass is 9.34. The Labute approximate surface area is 210 Å². The second-order valence-electron chi connectivity index (χ2n) is 12.8. The summed E-state index contributed by atoms with van der Waals surface area (Å²) in [5, 5.41) is 0. The minimum Gasteiger partial charge on any atom is -0.469 e. The number of rotatable bonds is 3. The first-order valence-corrected chi connectivity index (χ1v) is 13.0. The molecule has 4 aliphatic rings. The Kier molecular flexibility index (Phi) is 6.05. The summed E-state index contributed by atoms with van der Waals surface area (Å²) in [7, 11) is 2.88. The molecule has 0 aromatic rings. The molecule has 6 atom stereocenters. The van der Waals surface area contributed by atoms with Gasteiger partial charge in [0.25, 0.3) is 0 Å². The maximum atomic E-state index is 12.8. The largest absolute Gasteiger partial charge is 0.469 e. The number of hydrogen-bond donors (Lipinski definition) is 0. The van der Waals surface area contributed by atoms with Gasteiger partial charge in [-0.15, -0.1) is 0 Å². The molecule has 4 rings (SSSR count). The van der Waals surface area contributed by atoms with Gasteiger partial charge in [-0.05, 0) is 86.5 Å². The molecule has 0 aromatic carbocycles. The van der Waals surface area contributed by atoms with Gasteiger partial charge in [0.2, 0.25) is 0 Å². The first kappa shape index (κ1) is 25.9. The Morgan fingerprint density at radius 3 is 2.14 bits per heavy atom. The van der Waals surface area contributed by atoms with Crippen LogP contribution in [0, 0.1) is 33.0 Å². The number of ketones is 1. The summed E-state index contributed by atoms with van der Waals surface area (Å²) < 4.78 is 10.2. The van der Waals surface area contributed by atoms with Gasteiger partial charge in [0, 0.05) is 17.1 Å². The van der Waals surface area contributed by atoms with E-state index in [2.05, 4.69) is 40.7 Å². The number of allylic oxidation sites excluding steroid dienone is 5. The van der Waals surface area contributed by atoms with Crippen molar-refractivity contribution in [1.29, 1.82) is 0 Å². The molecular formula is C30H42O5. The van der Waals surface area contributed by atoms with Crippen LogP contribution in [0.4, 0.5) is 0 Å². The topological polar surface area (TPSA) is 69.7 Å². The maximum absolute atomic E-state index is 12.8. The molecule has 3 fully saturated rings. The van der Waals surface area contributed by atoms with Gasteiger partial charge in [0.15, 0.2) is 5.78 Å². The monoisotopic (exact) mass is 482 g/mol. The number of carbonyl (C=O) groups is 3. The molecule has 192 valence electrons. The molecule has 35 heavy (non-hydrogen) atoms. The van der Waals surface area contributed by atoms with Crippen molar-refractivity contribution in [3.63, 3.8) is 0 Å². The first-order chi connectivity index (χ1) is 16.2. The number of carbonyl (C=O) groups excluding carboxylic acids is 3. The quantitative estimate of drug-likeness (QED) is 0.357. The summed E-state index contributed by atoms with van der Waals surface area (Å²) in [6, 6.07) is 0. The molecule has 5 nitrogen and oxygen atoms in total. The predicted octanol–water partition coefficient (Wildman–Crippen LogP) is 6.13. The molecule has 0 bridgehead atoms. The zero-order chi connectivity index (χ0) is 26.0. The Balaban J connectivity index is 1.85. The Morgan fingerprint density at radius 2 is 1.54 bits per heavy atom. The van der Waals surface area contributed by atoms with E-state index in [-0.39, 0.29) is 28.0 Å². The van der Waals surface area contributed by atoms with Gasteiger partial charge in [0.1, 0.15) is 0 Å². The van der Waals surface area contributed by atoms with E-state index in [9.17, 15) is 14.4 Å². The molecule has 3 saturated carbocycles. The molecule has 0 aliphatic heterocycles.